The first-order chi connectivity index (χ1) is 12.8. The third-order valence-electron chi connectivity index (χ3n) is 5.87. The smallest absolute Gasteiger partial charge is 0.344 e. The van der Waals surface area contributed by atoms with Gasteiger partial charge in [0, 0.05) is 10.9 Å². The van der Waals surface area contributed by atoms with Crippen molar-refractivity contribution >= 4 is 28.8 Å². The van der Waals surface area contributed by atoms with Gasteiger partial charge in [-0.2, -0.15) is 5.01 Å². The number of aryl methyl sites for hydroxylation is 2. The predicted octanol–water partition coefficient (Wildman–Crippen LogP) is 3.20. The summed E-state index contributed by atoms with van der Waals surface area (Å²) in [5.41, 5.74) is 3.78. The van der Waals surface area contributed by atoms with Crippen LogP contribution in [0.5, 0.6) is 0 Å². The maximum absolute atomic E-state index is 12.9. The average molecular weight is 369 g/mol. The van der Waals surface area contributed by atoms with Gasteiger partial charge in [0.25, 0.3) is 5.91 Å². The summed E-state index contributed by atoms with van der Waals surface area (Å²) >= 11 is 0. The molecule has 7 heteroatoms. The zero-order valence-corrected chi connectivity index (χ0v) is 15.7. The van der Waals surface area contributed by atoms with Crippen LogP contribution in [0.4, 0.5) is 4.79 Å². The molecule has 0 unspecified atom stereocenters. The first-order valence-electron chi connectivity index (χ1n) is 9.29. The van der Waals surface area contributed by atoms with Gasteiger partial charge < -0.3 is 9.73 Å². The van der Waals surface area contributed by atoms with Crippen molar-refractivity contribution in [2.45, 2.75) is 52.0 Å². The number of fused-ring (bicyclic) bond motifs is 1. The van der Waals surface area contributed by atoms with Crippen molar-refractivity contribution < 1.29 is 18.8 Å². The van der Waals surface area contributed by atoms with Crippen LogP contribution in [0.1, 0.15) is 54.3 Å². The minimum Gasteiger partial charge on any atom is -0.450 e. The Kier molecular flexibility index (Phi) is 3.98. The van der Waals surface area contributed by atoms with Crippen LogP contribution in [0.15, 0.2) is 22.6 Å². The first-order valence-corrected chi connectivity index (χ1v) is 9.29. The van der Waals surface area contributed by atoms with Gasteiger partial charge in [-0.3, -0.25) is 9.59 Å². The second kappa shape index (κ2) is 6.11. The fourth-order valence-electron chi connectivity index (χ4n) is 4.07. The monoisotopic (exact) mass is 369 g/mol. The quantitative estimate of drug-likeness (QED) is 0.795. The number of furan rings is 1. The molecule has 2 fully saturated rings. The highest BCUT2D eigenvalue weighted by Gasteiger charge is 2.53. The van der Waals surface area contributed by atoms with Gasteiger partial charge in [-0.25, -0.2) is 10.2 Å². The van der Waals surface area contributed by atoms with Crippen LogP contribution in [0.25, 0.3) is 11.0 Å². The molecule has 4 amide bonds. The van der Waals surface area contributed by atoms with E-state index in [1.54, 1.807) is 6.92 Å². The van der Waals surface area contributed by atoms with Gasteiger partial charge in [0.15, 0.2) is 5.76 Å². The van der Waals surface area contributed by atoms with Gasteiger partial charge in [-0.1, -0.05) is 25.1 Å². The van der Waals surface area contributed by atoms with E-state index >= 15 is 0 Å². The fraction of sp³-hybridized carbons (Fsp3) is 0.450. The molecule has 2 aliphatic rings. The summed E-state index contributed by atoms with van der Waals surface area (Å²) in [6.07, 6.45) is 2.92. The average Bonchev–Trinajstić information content (AvgIpc) is 3.09. The topological polar surface area (TPSA) is 91.7 Å². The third-order valence-corrected chi connectivity index (χ3v) is 5.87. The minimum atomic E-state index is -0.892. The Balaban J connectivity index is 1.58. The molecule has 2 N–H and O–H groups in total. The Morgan fingerprint density at radius 2 is 1.96 bits per heavy atom. The van der Waals surface area contributed by atoms with Crippen LogP contribution in [0.2, 0.25) is 0 Å². The molecule has 4 rings (SSSR count). The summed E-state index contributed by atoms with van der Waals surface area (Å²) < 4.78 is 5.74. The second-order valence-corrected chi connectivity index (χ2v) is 7.78. The molecule has 1 aliphatic heterocycles. The molecule has 1 aromatic heterocycles. The van der Waals surface area contributed by atoms with Crippen LogP contribution in [-0.4, -0.2) is 28.4 Å². The highest BCUT2D eigenvalue weighted by molar-refractivity contribution is 6.09. The first kappa shape index (κ1) is 17.6. The van der Waals surface area contributed by atoms with Crippen LogP contribution >= 0.6 is 0 Å². The summed E-state index contributed by atoms with van der Waals surface area (Å²) in [5.74, 6) is -0.353. The van der Waals surface area contributed by atoms with Crippen LogP contribution < -0.4 is 10.7 Å². The maximum atomic E-state index is 12.9. The number of nitrogens with zero attached hydrogens (tertiary/aromatic N) is 1. The molecule has 1 aromatic carbocycles. The zero-order valence-electron chi connectivity index (χ0n) is 15.7. The van der Waals surface area contributed by atoms with Gasteiger partial charge in [-0.15, -0.1) is 0 Å². The Hall–Kier alpha value is -2.83. The number of nitrogens with one attached hydrogen (secondary N) is 2. The van der Waals surface area contributed by atoms with Crippen molar-refractivity contribution in [3.63, 3.8) is 0 Å². The van der Waals surface area contributed by atoms with E-state index in [2.05, 4.69) is 17.7 Å². The number of amides is 4. The Labute approximate surface area is 157 Å². The van der Waals surface area contributed by atoms with Gasteiger partial charge in [0.05, 0.1) is 0 Å². The lowest BCUT2D eigenvalue weighted by molar-refractivity contribution is -0.134. The lowest BCUT2D eigenvalue weighted by Crippen LogP contribution is -2.51. The number of carbonyl (C=O) groups excluding carboxylic acids is 3. The largest absolute Gasteiger partial charge is 0.450 e. The molecule has 0 atom stereocenters. The number of hydrazine groups is 1. The summed E-state index contributed by atoms with van der Waals surface area (Å²) in [7, 11) is 0. The van der Waals surface area contributed by atoms with Gasteiger partial charge in [0.2, 0.25) is 0 Å². The molecule has 1 aliphatic carbocycles. The lowest BCUT2D eigenvalue weighted by atomic mass is 9.77. The summed E-state index contributed by atoms with van der Waals surface area (Å²) in [6, 6.07) is 5.09. The molecular weight excluding hydrogens is 346 g/mol. The number of imide groups is 1. The number of hydrogen-bond donors (Lipinski definition) is 2. The number of para-hydroxylation sites is 1. The molecular formula is C20H23N3O4. The summed E-state index contributed by atoms with van der Waals surface area (Å²) in [5, 5.41) is 4.43. The van der Waals surface area contributed by atoms with Gasteiger partial charge >= 0.3 is 11.9 Å². The van der Waals surface area contributed by atoms with Crippen molar-refractivity contribution in [2.75, 3.05) is 0 Å². The van der Waals surface area contributed by atoms with Crippen LogP contribution in [-0.2, 0) is 4.79 Å². The van der Waals surface area contributed by atoms with E-state index < -0.39 is 23.4 Å². The predicted molar refractivity (Wildman–Crippen MR) is 98.9 cm³/mol. The van der Waals surface area contributed by atoms with Crippen molar-refractivity contribution in [3.8, 4) is 0 Å². The van der Waals surface area contributed by atoms with E-state index in [0.717, 1.165) is 28.8 Å². The minimum absolute atomic E-state index is 0.109. The Morgan fingerprint density at radius 1 is 1.26 bits per heavy atom. The molecule has 1 saturated carbocycles. The number of hydrogen-bond acceptors (Lipinski definition) is 4. The highest BCUT2D eigenvalue weighted by atomic mass is 16.3. The van der Waals surface area contributed by atoms with E-state index in [9.17, 15) is 14.4 Å². The molecule has 2 aromatic rings. The number of urea groups is 1. The Morgan fingerprint density at radius 3 is 2.63 bits per heavy atom. The summed E-state index contributed by atoms with van der Waals surface area (Å²) in [6.45, 7) is 5.83. The fourth-order valence-corrected chi connectivity index (χ4v) is 4.07. The van der Waals surface area contributed by atoms with E-state index in [1.165, 1.54) is 0 Å². The highest BCUT2D eigenvalue weighted by Crippen LogP contribution is 2.36. The molecule has 0 radical (unpaired) electrons. The normalized spacial score (nSPS) is 25.3. The number of benzene rings is 1. The van der Waals surface area contributed by atoms with Crippen LogP contribution in [0.3, 0.4) is 0 Å². The molecule has 142 valence electrons. The third kappa shape index (κ3) is 2.69. The van der Waals surface area contributed by atoms with Crippen LogP contribution in [0, 0.1) is 19.8 Å². The Bertz CT molecular complexity index is 954. The second-order valence-electron chi connectivity index (χ2n) is 7.78. The molecule has 27 heavy (non-hydrogen) atoms. The molecule has 1 spiro atoms. The SMILES string of the molecule is Cc1c(C(=O)NN2C(=O)NC3(CCC(C)CC3)C2=O)oc2c(C)cccc12. The lowest BCUT2D eigenvalue weighted by Gasteiger charge is -2.33. The molecule has 1 saturated heterocycles. The standard InChI is InChI=1S/C20H23N3O4/c1-11-7-9-20(10-8-11)18(25)23(19(26)21-20)22-17(24)16-13(3)14-6-4-5-12(2)15(14)27-16/h4-6,11H,7-10H2,1-3H3,(H,21,26)(H,22,24). The number of carbonyl (C=O) groups is 3. The van der Waals surface area contributed by atoms with E-state index in [0.29, 0.717) is 29.9 Å². The molecule has 7 nitrogen and oxygen atoms in total. The van der Waals surface area contributed by atoms with Crippen molar-refractivity contribution in [2.24, 2.45) is 5.92 Å². The van der Waals surface area contributed by atoms with E-state index in [1.807, 2.05) is 25.1 Å². The van der Waals surface area contributed by atoms with E-state index in [-0.39, 0.29) is 5.76 Å². The molecule has 0 bridgehead atoms. The van der Waals surface area contributed by atoms with Crippen molar-refractivity contribution in [3.05, 3.63) is 35.1 Å². The number of rotatable bonds is 2. The van der Waals surface area contributed by atoms with E-state index in [4.69, 9.17) is 4.42 Å². The zero-order chi connectivity index (χ0) is 19.3. The van der Waals surface area contributed by atoms with Gasteiger partial charge in [-0.05, 0) is 51.0 Å². The van der Waals surface area contributed by atoms with Crippen molar-refractivity contribution in [1.29, 1.82) is 0 Å². The summed E-state index contributed by atoms with van der Waals surface area (Å²) in [4.78, 5) is 38.0. The van der Waals surface area contributed by atoms with Gasteiger partial charge in [0.1, 0.15) is 11.1 Å². The molecule has 2 heterocycles. The van der Waals surface area contributed by atoms with Crippen molar-refractivity contribution in [1.82, 2.24) is 15.8 Å². The maximum Gasteiger partial charge on any atom is 0.344 e.